The average Bonchev–Trinajstić information content (AvgIpc) is 3.24. The van der Waals surface area contributed by atoms with Gasteiger partial charge in [0, 0.05) is 22.9 Å². The fraction of sp³-hybridized carbons (Fsp3) is 0.130. The monoisotopic (exact) mass is 481 g/mol. The first-order valence-electron chi connectivity index (χ1n) is 9.49. The number of hydrogen-bond acceptors (Lipinski definition) is 2. The molecule has 0 N–H and O–H groups in total. The topological polar surface area (TPSA) is 30.7 Å². The van der Waals surface area contributed by atoms with Crippen LogP contribution in [-0.4, -0.2) is 14.5 Å². The lowest BCUT2D eigenvalue weighted by Crippen LogP contribution is -2.11. The predicted molar refractivity (Wildman–Crippen MR) is 112 cm³/mol. The summed E-state index contributed by atoms with van der Waals surface area (Å²) in [5.41, 5.74) is -0.667. The molecule has 0 aliphatic rings. The minimum atomic E-state index is -4.96. The molecule has 0 fully saturated rings. The molecule has 170 valence electrons. The molecule has 0 aliphatic heterocycles. The van der Waals surface area contributed by atoms with Gasteiger partial charge in [-0.2, -0.15) is 26.3 Å². The lowest BCUT2D eigenvalue weighted by molar-refractivity contribution is -0.143. The van der Waals surface area contributed by atoms with Crippen LogP contribution in [0.5, 0.6) is 0 Å². The molecule has 4 aromatic rings. The van der Waals surface area contributed by atoms with Gasteiger partial charge >= 0.3 is 12.4 Å². The first-order chi connectivity index (χ1) is 15.5. The number of aromatic nitrogens is 3. The van der Waals surface area contributed by atoms with Crippen LogP contribution >= 0.6 is 11.6 Å². The maximum absolute atomic E-state index is 13.4. The number of aryl methyl sites for hydroxylation is 1. The molecule has 0 aliphatic carbocycles. The van der Waals surface area contributed by atoms with Crippen molar-refractivity contribution in [1.82, 2.24) is 14.5 Å². The summed E-state index contributed by atoms with van der Waals surface area (Å²) in [6, 6.07) is 8.45. The van der Waals surface area contributed by atoms with E-state index in [1.165, 1.54) is 29.5 Å². The standard InChI is InChI=1S/C23H14ClF6N3/c1-13-3-2-4-18(21(13)24)17-5-6-31-11-20(17)33-12-32-10-19(33)14-7-15(22(25,26)27)9-16(8-14)23(28,29)30/h2-12H,1H3. The largest absolute Gasteiger partial charge is 0.416 e. The fourth-order valence-electron chi connectivity index (χ4n) is 3.46. The summed E-state index contributed by atoms with van der Waals surface area (Å²) in [4.78, 5) is 8.05. The van der Waals surface area contributed by atoms with Crippen LogP contribution < -0.4 is 0 Å². The smallest absolute Gasteiger partial charge is 0.297 e. The van der Waals surface area contributed by atoms with Gasteiger partial charge in [0.1, 0.15) is 0 Å². The van der Waals surface area contributed by atoms with E-state index in [1.807, 2.05) is 13.0 Å². The second kappa shape index (κ2) is 8.22. The van der Waals surface area contributed by atoms with Crippen LogP contribution in [0.3, 0.4) is 0 Å². The second-order valence-corrected chi connectivity index (χ2v) is 7.65. The van der Waals surface area contributed by atoms with Crippen molar-refractivity contribution < 1.29 is 26.3 Å². The van der Waals surface area contributed by atoms with E-state index in [1.54, 1.807) is 18.2 Å². The quantitative estimate of drug-likeness (QED) is 0.282. The summed E-state index contributed by atoms with van der Waals surface area (Å²) in [6.45, 7) is 1.82. The van der Waals surface area contributed by atoms with Gasteiger partial charge in [-0.15, -0.1) is 0 Å². The molecule has 0 amide bonds. The van der Waals surface area contributed by atoms with E-state index in [-0.39, 0.29) is 17.3 Å². The molecule has 0 radical (unpaired) electrons. The van der Waals surface area contributed by atoms with Crippen LogP contribution in [0.25, 0.3) is 28.1 Å². The van der Waals surface area contributed by atoms with E-state index in [9.17, 15) is 26.3 Å². The Balaban J connectivity index is 1.94. The molecule has 0 spiro atoms. The van der Waals surface area contributed by atoms with Gasteiger partial charge in [0.25, 0.3) is 0 Å². The number of nitrogens with zero attached hydrogens (tertiary/aromatic N) is 3. The minimum Gasteiger partial charge on any atom is -0.297 e. The van der Waals surface area contributed by atoms with Crippen LogP contribution in [0, 0.1) is 6.92 Å². The molecule has 0 unspecified atom stereocenters. The maximum Gasteiger partial charge on any atom is 0.416 e. The zero-order valence-corrected chi connectivity index (χ0v) is 17.6. The lowest BCUT2D eigenvalue weighted by Gasteiger charge is -2.17. The summed E-state index contributed by atoms with van der Waals surface area (Å²) in [6.07, 6.45) is -4.47. The first kappa shape index (κ1) is 22.8. The summed E-state index contributed by atoms with van der Waals surface area (Å²) < 4.78 is 81.5. The fourth-order valence-corrected chi connectivity index (χ4v) is 3.69. The maximum atomic E-state index is 13.4. The molecule has 0 saturated heterocycles. The lowest BCUT2D eigenvalue weighted by atomic mass is 10.0. The molecule has 2 aromatic carbocycles. The minimum absolute atomic E-state index is 0.0321. The number of pyridine rings is 1. The third-order valence-corrected chi connectivity index (χ3v) is 5.57. The van der Waals surface area contributed by atoms with Crippen molar-refractivity contribution in [3.8, 4) is 28.1 Å². The zero-order chi connectivity index (χ0) is 24.0. The number of imidazole rings is 1. The van der Waals surface area contributed by atoms with Crippen molar-refractivity contribution in [2.75, 3.05) is 0 Å². The van der Waals surface area contributed by atoms with Crippen LogP contribution in [0.2, 0.25) is 5.02 Å². The van der Waals surface area contributed by atoms with Crippen molar-refractivity contribution in [3.63, 3.8) is 0 Å². The van der Waals surface area contributed by atoms with E-state index in [0.29, 0.717) is 34.0 Å². The van der Waals surface area contributed by atoms with E-state index in [0.717, 1.165) is 5.56 Å². The Kier molecular flexibility index (Phi) is 5.69. The van der Waals surface area contributed by atoms with Crippen LogP contribution in [0.4, 0.5) is 26.3 Å². The Hall–Kier alpha value is -3.33. The third-order valence-electron chi connectivity index (χ3n) is 5.06. The van der Waals surface area contributed by atoms with Crippen LogP contribution in [-0.2, 0) is 12.4 Å². The highest BCUT2D eigenvalue weighted by Gasteiger charge is 2.37. The molecule has 0 saturated carbocycles. The van der Waals surface area contributed by atoms with Crippen molar-refractivity contribution in [2.24, 2.45) is 0 Å². The molecular weight excluding hydrogens is 468 g/mol. The molecule has 33 heavy (non-hydrogen) atoms. The number of halogens is 7. The van der Waals surface area contributed by atoms with E-state index in [4.69, 9.17) is 11.6 Å². The Labute approximate surface area is 189 Å². The van der Waals surface area contributed by atoms with Gasteiger partial charge in [-0.3, -0.25) is 9.55 Å². The number of alkyl halides is 6. The number of rotatable bonds is 3. The summed E-state index contributed by atoms with van der Waals surface area (Å²) in [5.74, 6) is 0. The Morgan fingerprint density at radius 3 is 2.12 bits per heavy atom. The Morgan fingerprint density at radius 2 is 1.48 bits per heavy atom. The van der Waals surface area contributed by atoms with Gasteiger partial charge in [0.2, 0.25) is 0 Å². The summed E-state index contributed by atoms with van der Waals surface area (Å²) in [5, 5.41) is 0.463. The van der Waals surface area contributed by atoms with Gasteiger partial charge in [-0.25, -0.2) is 4.98 Å². The summed E-state index contributed by atoms with van der Waals surface area (Å²) >= 11 is 6.46. The highest BCUT2D eigenvalue weighted by molar-refractivity contribution is 6.34. The van der Waals surface area contributed by atoms with E-state index < -0.39 is 23.5 Å². The highest BCUT2D eigenvalue weighted by Crippen LogP contribution is 2.40. The number of benzene rings is 2. The predicted octanol–water partition coefficient (Wildman–Crippen LogP) is 7.60. The normalized spacial score (nSPS) is 12.2. The van der Waals surface area contributed by atoms with Gasteiger partial charge < -0.3 is 0 Å². The van der Waals surface area contributed by atoms with Crippen molar-refractivity contribution in [2.45, 2.75) is 19.3 Å². The van der Waals surface area contributed by atoms with Crippen LogP contribution in [0.1, 0.15) is 16.7 Å². The second-order valence-electron chi connectivity index (χ2n) is 7.27. The van der Waals surface area contributed by atoms with Crippen molar-refractivity contribution >= 4 is 11.6 Å². The first-order valence-corrected chi connectivity index (χ1v) is 9.86. The highest BCUT2D eigenvalue weighted by atomic mass is 35.5. The Bertz CT molecular complexity index is 1290. The van der Waals surface area contributed by atoms with Gasteiger partial charge in [0.15, 0.2) is 0 Å². The Morgan fingerprint density at radius 1 is 0.818 bits per heavy atom. The average molecular weight is 482 g/mol. The van der Waals surface area contributed by atoms with Crippen molar-refractivity contribution in [3.05, 3.63) is 89.1 Å². The van der Waals surface area contributed by atoms with Gasteiger partial charge in [0.05, 0.1) is 46.3 Å². The molecule has 0 bridgehead atoms. The molecular formula is C23H14ClF6N3. The SMILES string of the molecule is Cc1cccc(-c2ccncc2-n2cncc2-c2cc(C(F)(F)F)cc(C(F)(F)F)c2)c1Cl. The van der Waals surface area contributed by atoms with Gasteiger partial charge in [-0.05, 0) is 36.8 Å². The zero-order valence-electron chi connectivity index (χ0n) is 16.8. The van der Waals surface area contributed by atoms with E-state index in [2.05, 4.69) is 9.97 Å². The van der Waals surface area contributed by atoms with Gasteiger partial charge in [-0.1, -0.05) is 29.8 Å². The summed E-state index contributed by atoms with van der Waals surface area (Å²) in [7, 11) is 0. The van der Waals surface area contributed by atoms with E-state index >= 15 is 0 Å². The molecule has 0 atom stereocenters. The molecule has 4 rings (SSSR count). The molecule has 2 heterocycles. The van der Waals surface area contributed by atoms with Crippen molar-refractivity contribution in [1.29, 1.82) is 0 Å². The molecule has 10 heteroatoms. The van der Waals surface area contributed by atoms with Crippen LogP contribution in [0.15, 0.2) is 67.4 Å². The third kappa shape index (κ3) is 4.45. The molecule has 2 aromatic heterocycles. The number of hydrogen-bond donors (Lipinski definition) is 0. The molecule has 3 nitrogen and oxygen atoms in total.